The van der Waals surface area contributed by atoms with E-state index in [4.69, 9.17) is 14.9 Å². The number of hydrogen-bond acceptors (Lipinski definition) is 4. The highest BCUT2D eigenvalue weighted by atomic mass is 16.5. The number of nitrogens with zero attached hydrogens (tertiary/aromatic N) is 2. The zero-order chi connectivity index (χ0) is 13.1. The number of aromatic hydroxyl groups is 1. The van der Waals surface area contributed by atoms with Crippen LogP contribution in [0.4, 0.5) is 4.79 Å². The average molecular weight is 252 g/mol. The van der Waals surface area contributed by atoms with Crippen LogP contribution in [-0.2, 0) is 11.2 Å². The Bertz CT molecular complexity index is 421. The van der Waals surface area contributed by atoms with Crippen molar-refractivity contribution in [1.82, 2.24) is 9.88 Å². The first-order chi connectivity index (χ1) is 8.54. The number of amides is 1. The number of aromatic nitrogens is 1. The fraction of sp³-hybridized carbons (Fsp3) is 0.500. The summed E-state index contributed by atoms with van der Waals surface area (Å²) in [6.45, 7) is 2.60. The van der Waals surface area contributed by atoms with Gasteiger partial charge in [0, 0.05) is 12.1 Å². The minimum atomic E-state index is -0.922. The van der Waals surface area contributed by atoms with Gasteiger partial charge in [0.2, 0.25) is 0 Å². The van der Waals surface area contributed by atoms with Gasteiger partial charge in [-0.25, -0.2) is 4.79 Å². The van der Waals surface area contributed by atoms with Gasteiger partial charge in [-0.3, -0.25) is 4.98 Å². The van der Waals surface area contributed by atoms with Crippen LogP contribution in [0, 0.1) is 0 Å². The van der Waals surface area contributed by atoms with Crippen LogP contribution in [0.3, 0.4) is 0 Å². The van der Waals surface area contributed by atoms with Crippen LogP contribution in [0.15, 0.2) is 18.3 Å². The minimum absolute atomic E-state index is 0.114. The Labute approximate surface area is 105 Å². The Morgan fingerprint density at radius 3 is 2.94 bits per heavy atom. The third-order valence-corrected chi connectivity index (χ3v) is 2.84. The zero-order valence-electron chi connectivity index (χ0n) is 10.1. The highest BCUT2D eigenvalue weighted by molar-refractivity contribution is 5.65. The van der Waals surface area contributed by atoms with Gasteiger partial charge in [-0.1, -0.05) is 0 Å². The smallest absolute Gasteiger partial charge is 0.407 e. The van der Waals surface area contributed by atoms with Crippen LogP contribution in [0.2, 0.25) is 0 Å². The average Bonchev–Trinajstić information content (AvgIpc) is 2.31. The Morgan fingerprint density at radius 2 is 2.33 bits per heavy atom. The number of carbonyl (C=O) groups is 1. The van der Waals surface area contributed by atoms with E-state index >= 15 is 0 Å². The second-order valence-electron chi connectivity index (χ2n) is 4.47. The summed E-state index contributed by atoms with van der Waals surface area (Å²) in [6, 6.07) is 3.27. The molecule has 1 aromatic rings. The number of hydrogen-bond donors (Lipinski definition) is 2. The first kappa shape index (κ1) is 12.6. The van der Waals surface area contributed by atoms with Crippen molar-refractivity contribution < 1.29 is 19.7 Å². The SMILES string of the molecule is CC1CN(C(=O)O)CC(Cc2ccc(O)cn2)O1. The number of morpholine rings is 1. The van der Waals surface area contributed by atoms with E-state index in [9.17, 15) is 4.79 Å². The molecule has 1 aliphatic heterocycles. The van der Waals surface area contributed by atoms with E-state index in [1.165, 1.54) is 11.1 Å². The molecule has 0 radical (unpaired) electrons. The molecular formula is C12H16N2O4. The van der Waals surface area contributed by atoms with E-state index in [0.29, 0.717) is 19.5 Å². The molecule has 18 heavy (non-hydrogen) atoms. The van der Waals surface area contributed by atoms with Gasteiger partial charge in [-0.2, -0.15) is 0 Å². The summed E-state index contributed by atoms with van der Waals surface area (Å²) in [5.41, 5.74) is 0.775. The lowest BCUT2D eigenvalue weighted by molar-refractivity contribution is -0.0686. The van der Waals surface area contributed by atoms with Crippen LogP contribution in [0.25, 0.3) is 0 Å². The standard InChI is InChI=1S/C12H16N2O4/c1-8-6-14(12(16)17)7-11(18-8)4-9-2-3-10(15)5-13-9/h2-3,5,8,11,15H,4,6-7H2,1H3,(H,16,17). The van der Waals surface area contributed by atoms with E-state index in [2.05, 4.69) is 4.98 Å². The fourth-order valence-corrected chi connectivity index (χ4v) is 2.08. The maximum Gasteiger partial charge on any atom is 0.407 e. The van der Waals surface area contributed by atoms with Gasteiger partial charge in [-0.15, -0.1) is 0 Å². The molecule has 1 aliphatic rings. The van der Waals surface area contributed by atoms with E-state index in [0.717, 1.165) is 5.69 Å². The predicted octanol–water partition coefficient (Wildman–Crippen LogP) is 1.10. The number of carboxylic acid groups (broad SMARTS) is 1. The molecule has 0 bridgehead atoms. The zero-order valence-corrected chi connectivity index (χ0v) is 10.1. The number of ether oxygens (including phenoxy) is 1. The Balaban J connectivity index is 2.00. The predicted molar refractivity (Wildman–Crippen MR) is 63.5 cm³/mol. The second kappa shape index (κ2) is 5.22. The van der Waals surface area contributed by atoms with Crippen molar-refractivity contribution in [2.45, 2.75) is 25.6 Å². The summed E-state index contributed by atoms with van der Waals surface area (Å²) in [5.74, 6) is 0.115. The van der Waals surface area contributed by atoms with Gasteiger partial charge in [0.15, 0.2) is 0 Å². The van der Waals surface area contributed by atoms with Crippen molar-refractivity contribution in [2.24, 2.45) is 0 Å². The summed E-state index contributed by atoms with van der Waals surface area (Å²) < 4.78 is 5.69. The molecule has 2 atom stereocenters. The highest BCUT2D eigenvalue weighted by Gasteiger charge is 2.28. The lowest BCUT2D eigenvalue weighted by Crippen LogP contribution is -2.49. The molecule has 6 heteroatoms. The Morgan fingerprint density at radius 1 is 1.56 bits per heavy atom. The monoisotopic (exact) mass is 252 g/mol. The molecule has 1 amide bonds. The van der Waals surface area contributed by atoms with Crippen LogP contribution in [-0.4, -0.2) is 51.5 Å². The maximum atomic E-state index is 11.0. The molecule has 6 nitrogen and oxygen atoms in total. The molecule has 0 aliphatic carbocycles. The normalized spacial score (nSPS) is 23.9. The lowest BCUT2D eigenvalue weighted by atomic mass is 10.1. The quantitative estimate of drug-likeness (QED) is 0.823. The molecule has 0 saturated carbocycles. The van der Waals surface area contributed by atoms with E-state index < -0.39 is 6.09 Å². The first-order valence-electron chi connectivity index (χ1n) is 5.82. The maximum absolute atomic E-state index is 11.0. The molecule has 2 heterocycles. The minimum Gasteiger partial charge on any atom is -0.506 e. The summed E-state index contributed by atoms with van der Waals surface area (Å²) in [6.07, 6.45) is 0.679. The van der Waals surface area contributed by atoms with Gasteiger partial charge < -0.3 is 19.8 Å². The van der Waals surface area contributed by atoms with Crippen LogP contribution < -0.4 is 0 Å². The second-order valence-corrected chi connectivity index (χ2v) is 4.47. The molecule has 98 valence electrons. The molecule has 0 aromatic carbocycles. The van der Waals surface area contributed by atoms with Gasteiger partial charge in [0.1, 0.15) is 5.75 Å². The van der Waals surface area contributed by atoms with Gasteiger partial charge in [0.25, 0.3) is 0 Å². The number of pyridine rings is 1. The van der Waals surface area contributed by atoms with Crippen LogP contribution in [0.1, 0.15) is 12.6 Å². The fourth-order valence-electron chi connectivity index (χ4n) is 2.08. The molecule has 2 rings (SSSR count). The molecule has 0 spiro atoms. The third kappa shape index (κ3) is 3.10. The van der Waals surface area contributed by atoms with Crippen molar-refractivity contribution >= 4 is 6.09 Å². The van der Waals surface area contributed by atoms with Crippen molar-refractivity contribution in [3.63, 3.8) is 0 Å². The summed E-state index contributed by atoms with van der Waals surface area (Å²) in [4.78, 5) is 16.4. The van der Waals surface area contributed by atoms with Crippen molar-refractivity contribution in [3.8, 4) is 5.75 Å². The third-order valence-electron chi connectivity index (χ3n) is 2.84. The van der Waals surface area contributed by atoms with E-state index in [-0.39, 0.29) is 18.0 Å². The molecule has 2 unspecified atom stereocenters. The van der Waals surface area contributed by atoms with Crippen molar-refractivity contribution in [1.29, 1.82) is 0 Å². The van der Waals surface area contributed by atoms with Gasteiger partial charge in [-0.05, 0) is 19.1 Å². The molecule has 1 aromatic heterocycles. The summed E-state index contributed by atoms with van der Waals surface area (Å²) in [7, 11) is 0. The molecule has 1 saturated heterocycles. The summed E-state index contributed by atoms with van der Waals surface area (Å²) >= 11 is 0. The molecule has 2 N–H and O–H groups in total. The Hall–Kier alpha value is -1.82. The summed E-state index contributed by atoms with van der Waals surface area (Å²) in [5, 5.41) is 18.1. The topological polar surface area (TPSA) is 82.9 Å². The number of rotatable bonds is 2. The molecule has 1 fully saturated rings. The highest BCUT2D eigenvalue weighted by Crippen LogP contribution is 2.16. The van der Waals surface area contributed by atoms with Gasteiger partial charge in [0.05, 0.1) is 31.5 Å². The largest absolute Gasteiger partial charge is 0.506 e. The van der Waals surface area contributed by atoms with Gasteiger partial charge >= 0.3 is 6.09 Å². The van der Waals surface area contributed by atoms with Crippen molar-refractivity contribution in [2.75, 3.05) is 13.1 Å². The van der Waals surface area contributed by atoms with Crippen molar-refractivity contribution in [3.05, 3.63) is 24.0 Å². The molecular weight excluding hydrogens is 236 g/mol. The van der Waals surface area contributed by atoms with E-state index in [1.807, 2.05) is 6.92 Å². The lowest BCUT2D eigenvalue weighted by Gasteiger charge is -2.35. The first-order valence-corrected chi connectivity index (χ1v) is 5.82. The van der Waals surface area contributed by atoms with E-state index in [1.54, 1.807) is 12.1 Å². The van der Waals surface area contributed by atoms with Crippen LogP contribution in [0.5, 0.6) is 5.75 Å². The van der Waals surface area contributed by atoms with Crippen LogP contribution >= 0.6 is 0 Å². The Kier molecular flexibility index (Phi) is 3.66.